The van der Waals surface area contributed by atoms with Gasteiger partial charge in [-0.25, -0.2) is 9.50 Å². The lowest BCUT2D eigenvalue weighted by molar-refractivity contribution is 0.0790. The fraction of sp³-hybridized carbons (Fsp3) is 0.533. The first kappa shape index (κ1) is 15.4. The van der Waals surface area contributed by atoms with Gasteiger partial charge in [0.05, 0.1) is 17.0 Å². The van der Waals surface area contributed by atoms with Crippen molar-refractivity contribution in [1.82, 2.24) is 19.5 Å². The van der Waals surface area contributed by atoms with E-state index < -0.39 is 0 Å². The molecule has 0 radical (unpaired) electrons. The van der Waals surface area contributed by atoms with E-state index in [1.165, 1.54) is 0 Å². The summed E-state index contributed by atoms with van der Waals surface area (Å²) >= 11 is 0. The molecule has 0 bridgehead atoms. The molecule has 1 N–H and O–H groups in total. The zero-order valence-electron chi connectivity index (χ0n) is 12.8. The minimum Gasteiger partial charge on any atom is -0.396 e. The third-order valence-corrected chi connectivity index (χ3v) is 3.57. The van der Waals surface area contributed by atoms with Crippen molar-refractivity contribution >= 4 is 11.6 Å². The molecule has 6 nitrogen and oxygen atoms in total. The lowest BCUT2D eigenvalue weighted by atomic mass is 10.2. The highest BCUT2D eigenvalue weighted by molar-refractivity contribution is 5.95. The van der Waals surface area contributed by atoms with Gasteiger partial charge in [0.25, 0.3) is 5.91 Å². The quantitative estimate of drug-likeness (QED) is 0.820. The fourth-order valence-electron chi connectivity index (χ4n) is 2.32. The molecule has 0 unspecified atom stereocenters. The number of aryl methyl sites for hydroxylation is 2. The molecule has 0 saturated carbocycles. The summed E-state index contributed by atoms with van der Waals surface area (Å²) < 4.78 is 1.71. The largest absolute Gasteiger partial charge is 0.396 e. The Labute approximate surface area is 124 Å². The van der Waals surface area contributed by atoms with Crippen LogP contribution in [0.5, 0.6) is 0 Å². The van der Waals surface area contributed by atoms with Crippen LogP contribution in [0.25, 0.3) is 5.65 Å². The summed E-state index contributed by atoms with van der Waals surface area (Å²) in [7, 11) is 1.79. The summed E-state index contributed by atoms with van der Waals surface area (Å²) in [6.45, 7) is 4.67. The van der Waals surface area contributed by atoms with Crippen molar-refractivity contribution in [1.29, 1.82) is 0 Å². The minimum atomic E-state index is -0.0425. The number of nitrogens with zero attached hydrogens (tertiary/aromatic N) is 4. The monoisotopic (exact) mass is 290 g/mol. The standard InChI is InChI=1S/C15H22N4O2/c1-11-9-14-16-10-13(12(2)19(14)17-11)15(21)18(3)7-5-4-6-8-20/h9-10,20H,4-8H2,1-3H3. The number of aliphatic hydroxyl groups excluding tert-OH is 1. The third kappa shape index (κ3) is 3.39. The van der Waals surface area contributed by atoms with Crippen molar-refractivity contribution in [3.63, 3.8) is 0 Å². The highest BCUT2D eigenvalue weighted by Gasteiger charge is 2.17. The molecule has 1 amide bonds. The first-order valence-electron chi connectivity index (χ1n) is 7.23. The van der Waals surface area contributed by atoms with Crippen LogP contribution in [-0.4, -0.2) is 50.7 Å². The number of hydrogen-bond donors (Lipinski definition) is 1. The van der Waals surface area contributed by atoms with E-state index in [0.29, 0.717) is 12.1 Å². The second kappa shape index (κ2) is 6.67. The zero-order chi connectivity index (χ0) is 15.4. The number of fused-ring (bicyclic) bond motifs is 1. The highest BCUT2D eigenvalue weighted by atomic mass is 16.2. The third-order valence-electron chi connectivity index (χ3n) is 3.57. The maximum absolute atomic E-state index is 12.5. The molecule has 0 aliphatic carbocycles. The van der Waals surface area contributed by atoms with E-state index in [1.807, 2.05) is 19.9 Å². The highest BCUT2D eigenvalue weighted by Crippen LogP contribution is 2.13. The summed E-state index contributed by atoms with van der Waals surface area (Å²) in [5, 5.41) is 13.1. The number of unbranched alkanes of at least 4 members (excludes halogenated alkanes) is 2. The van der Waals surface area contributed by atoms with E-state index in [2.05, 4.69) is 10.1 Å². The molecular formula is C15H22N4O2. The molecule has 0 spiro atoms. The van der Waals surface area contributed by atoms with Gasteiger partial charge in [-0.15, -0.1) is 0 Å². The molecule has 0 aliphatic rings. The SMILES string of the molecule is Cc1cc2ncc(C(=O)N(C)CCCCCO)c(C)n2n1. The summed E-state index contributed by atoms with van der Waals surface area (Å²) in [6, 6.07) is 1.89. The second-order valence-electron chi connectivity index (χ2n) is 5.32. The molecule has 2 rings (SSSR count). The summed E-state index contributed by atoms with van der Waals surface area (Å²) in [5.74, 6) is -0.0425. The van der Waals surface area contributed by atoms with E-state index in [-0.39, 0.29) is 12.5 Å². The predicted octanol–water partition coefficient (Wildman–Crippen LogP) is 1.58. The number of aromatic nitrogens is 3. The number of carbonyl (C=O) groups excluding carboxylic acids is 1. The Hall–Kier alpha value is -1.95. The molecule has 2 aromatic rings. The molecule has 2 heterocycles. The van der Waals surface area contributed by atoms with E-state index >= 15 is 0 Å². The smallest absolute Gasteiger partial charge is 0.257 e. The van der Waals surface area contributed by atoms with Crippen LogP contribution in [-0.2, 0) is 0 Å². The number of hydrogen-bond acceptors (Lipinski definition) is 4. The summed E-state index contributed by atoms with van der Waals surface area (Å²) in [6.07, 6.45) is 4.21. The Kier molecular flexibility index (Phi) is 4.90. The van der Waals surface area contributed by atoms with Gasteiger partial charge < -0.3 is 10.0 Å². The molecule has 0 aromatic carbocycles. The van der Waals surface area contributed by atoms with E-state index in [4.69, 9.17) is 5.11 Å². The fourth-order valence-corrected chi connectivity index (χ4v) is 2.32. The summed E-state index contributed by atoms with van der Waals surface area (Å²) in [4.78, 5) is 18.5. The molecule has 0 fully saturated rings. The molecular weight excluding hydrogens is 268 g/mol. The topological polar surface area (TPSA) is 70.7 Å². The average molecular weight is 290 g/mol. The van der Waals surface area contributed by atoms with Gasteiger partial charge in [0.1, 0.15) is 0 Å². The zero-order valence-corrected chi connectivity index (χ0v) is 12.8. The Morgan fingerprint density at radius 1 is 1.33 bits per heavy atom. The molecule has 21 heavy (non-hydrogen) atoms. The molecule has 6 heteroatoms. The van der Waals surface area contributed by atoms with Crippen LogP contribution in [0.1, 0.15) is 41.0 Å². The van der Waals surface area contributed by atoms with E-state index in [9.17, 15) is 4.79 Å². The number of amides is 1. The Balaban J connectivity index is 2.13. The van der Waals surface area contributed by atoms with Crippen molar-refractivity contribution in [2.75, 3.05) is 20.2 Å². The predicted molar refractivity (Wildman–Crippen MR) is 80.4 cm³/mol. The van der Waals surface area contributed by atoms with Crippen LogP contribution < -0.4 is 0 Å². The normalized spacial score (nSPS) is 11.0. The number of rotatable bonds is 6. The molecule has 2 aromatic heterocycles. The summed E-state index contributed by atoms with van der Waals surface area (Å²) in [5.41, 5.74) is 3.02. The van der Waals surface area contributed by atoms with Crippen molar-refractivity contribution in [2.45, 2.75) is 33.1 Å². The molecule has 0 aliphatic heterocycles. The van der Waals surface area contributed by atoms with Gasteiger partial charge in [0.2, 0.25) is 0 Å². The second-order valence-corrected chi connectivity index (χ2v) is 5.32. The first-order valence-corrected chi connectivity index (χ1v) is 7.23. The Morgan fingerprint density at radius 2 is 2.10 bits per heavy atom. The van der Waals surface area contributed by atoms with Crippen molar-refractivity contribution in [3.8, 4) is 0 Å². The Bertz CT molecular complexity index is 636. The van der Waals surface area contributed by atoms with Gasteiger partial charge >= 0.3 is 0 Å². The van der Waals surface area contributed by atoms with E-state index in [0.717, 1.165) is 36.3 Å². The number of aliphatic hydroxyl groups is 1. The molecule has 0 atom stereocenters. The van der Waals surface area contributed by atoms with Crippen molar-refractivity contribution < 1.29 is 9.90 Å². The average Bonchev–Trinajstić information content (AvgIpc) is 2.84. The van der Waals surface area contributed by atoms with Gasteiger partial charge in [-0.05, 0) is 33.1 Å². The first-order chi connectivity index (χ1) is 10.0. The van der Waals surface area contributed by atoms with Gasteiger partial charge in [-0.1, -0.05) is 0 Å². The van der Waals surface area contributed by atoms with Crippen LogP contribution in [0.15, 0.2) is 12.3 Å². The molecule has 0 saturated heterocycles. The van der Waals surface area contributed by atoms with Crippen molar-refractivity contribution in [2.24, 2.45) is 0 Å². The van der Waals surface area contributed by atoms with E-state index in [1.54, 1.807) is 22.7 Å². The molecule has 114 valence electrons. The van der Waals surface area contributed by atoms with Crippen molar-refractivity contribution in [3.05, 3.63) is 29.2 Å². The van der Waals surface area contributed by atoms with Gasteiger partial charge in [-0.3, -0.25) is 4.79 Å². The minimum absolute atomic E-state index is 0.0425. The maximum Gasteiger partial charge on any atom is 0.257 e. The van der Waals surface area contributed by atoms with Gasteiger partial charge in [0, 0.05) is 32.5 Å². The lowest BCUT2D eigenvalue weighted by Crippen LogP contribution is -2.29. The lowest BCUT2D eigenvalue weighted by Gasteiger charge is -2.18. The van der Waals surface area contributed by atoms with Crippen LogP contribution in [0, 0.1) is 13.8 Å². The number of carbonyl (C=O) groups is 1. The van der Waals surface area contributed by atoms with Crippen LogP contribution in [0.2, 0.25) is 0 Å². The van der Waals surface area contributed by atoms with Crippen LogP contribution in [0.4, 0.5) is 0 Å². The Morgan fingerprint density at radius 3 is 2.81 bits per heavy atom. The van der Waals surface area contributed by atoms with Gasteiger partial charge in [0.15, 0.2) is 5.65 Å². The van der Waals surface area contributed by atoms with Crippen LogP contribution >= 0.6 is 0 Å². The van der Waals surface area contributed by atoms with Crippen LogP contribution in [0.3, 0.4) is 0 Å². The van der Waals surface area contributed by atoms with Gasteiger partial charge in [-0.2, -0.15) is 5.10 Å². The maximum atomic E-state index is 12.5.